The predicted octanol–water partition coefficient (Wildman–Crippen LogP) is 1.88. The van der Waals surface area contributed by atoms with Gasteiger partial charge >= 0.3 is 5.69 Å². The van der Waals surface area contributed by atoms with Crippen LogP contribution in [0.1, 0.15) is 21.6 Å². The first-order chi connectivity index (χ1) is 14.9. The number of amides is 1. The van der Waals surface area contributed by atoms with Crippen LogP contribution in [0.4, 0.5) is 0 Å². The first-order valence-electron chi connectivity index (χ1n) is 9.87. The fourth-order valence-electron chi connectivity index (χ4n) is 3.47. The Balaban J connectivity index is 1.88. The minimum Gasteiger partial charge on any atom is -0.378 e. The monoisotopic (exact) mass is 440 g/mol. The van der Waals surface area contributed by atoms with Gasteiger partial charge in [-0.1, -0.05) is 47.5 Å². The van der Waals surface area contributed by atoms with E-state index in [2.05, 4.69) is 5.10 Å². The third-order valence-electron chi connectivity index (χ3n) is 5.04. The Labute approximate surface area is 183 Å². The maximum Gasteiger partial charge on any atom is 0.352 e. The van der Waals surface area contributed by atoms with Crippen LogP contribution in [0.2, 0.25) is 5.02 Å². The smallest absolute Gasteiger partial charge is 0.352 e. The molecule has 0 atom stereocenters. The summed E-state index contributed by atoms with van der Waals surface area (Å²) in [6, 6.07) is 14.0. The van der Waals surface area contributed by atoms with Crippen LogP contribution in [0.5, 0.6) is 0 Å². The van der Waals surface area contributed by atoms with E-state index in [1.165, 1.54) is 4.90 Å². The minimum atomic E-state index is -0.721. The Hall–Kier alpha value is -3.23. The van der Waals surface area contributed by atoms with Crippen LogP contribution in [0.25, 0.3) is 5.69 Å². The van der Waals surface area contributed by atoms with E-state index in [9.17, 15) is 14.4 Å². The van der Waals surface area contributed by atoms with Crippen molar-refractivity contribution in [2.75, 3.05) is 26.3 Å². The van der Waals surface area contributed by atoms with Crippen molar-refractivity contribution in [1.29, 1.82) is 0 Å². The van der Waals surface area contributed by atoms with Crippen molar-refractivity contribution in [3.8, 4) is 5.69 Å². The van der Waals surface area contributed by atoms with Crippen LogP contribution in [-0.4, -0.2) is 51.5 Å². The summed E-state index contributed by atoms with van der Waals surface area (Å²) in [6.07, 6.45) is 0. The molecule has 1 aliphatic heterocycles. The quantitative estimate of drug-likeness (QED) is 0.618. The lowest BCUT2D eigenvalue weighted by Gasteiger charge is -2.26. The van der Waals surface area contributed by atoms with Gasteiger partial charge in [-0.05, 0) is 30.7 Å². The Bertz CT molecular complexity index is 1240. The van der Waals surface area contributed by atoms with Gasteiger partial charge in [0, 0.05) is 18.1 Å². The molecule has 4 rings (SSSR count). The molecule has 0 aliphatic carbocycles. The summed E-state index contributed by atoms with van der Waals surface area (Å²) in [5, 5.41) is 4.56. The summed E-state index contributed by atoms with van der Waals surface area (Å²) in [7, 11) is 0. The molecule has 1 amide bonds. The molecule has 160 valence electrons. The summed E-state index contributed by atoms with van der Waals surface area (Å²) in [6.45, 7) is 3.43. The molecule has 0 spiro atoms. The first-order valence-corrected chi connectivity index (χ1v) is 10.2. The number of ether oxygens (including phenoxy) is 1. The van der Waals surface area contributed by atoms with Gasteiger partial charge in [0.1, 0.15) is 0 Å². The van der Waals surface area contributed by atoms with E-state index in [4.69, 9.17) is 16.3 Å². The zero-order chi connectivity index (χ0) is 22.0. The van der Waals surface area contributed by atoms with Gasteiger partial charge in [-0.2, -0.15) is 9.78 Å². The van der Waals surface area contributed by atoms with E-state index in [0.717, 1.165) is 20.4 Å². The van der Waals surface area contributed by atoms with Gasteiger partial charge in [-0.25, -0.2) is 4.79 Å². The molecular weight excluding hydrogens is 420 g/mol. The van der Waals surface area contributed by atoms with Crippen molar-refractivity contribution in [2.45, 2.75) is 13.5 Å². The molecule has 0 N–H and O–H groups in total. The first kappa shape index (κ1) is 21.0. The van der Waals surface area contributed by atoms with Crippen LogP contribution in [-0.2, 0) is 11.3 Å². The van der Waals surface area contributed by atoms with Gasteiger partial charge in [0.05, 0.1) is 25.4 Å². The molecule has 0 radical (unpaired) electrons. The number of rotatable bonds is 4. The Morgan fingerprint density at radius 2 is 1.84 bits per heavy atom. The molecule has 2 heterocycles. The number of aromatic nitrogens is 3. The maximum absolute atomic E-state index is 13.2. The standard InChI is InChI=1S/C22H21ClN4O4/c1-15-4-2-5-16(12-15)14-26-21(29)19(20(28)25-8-10-31-11-9-25)24-27(22(26)30)18-7-3-6-17(23)13-18/h2-7,12-13H,8-11,14H2,1H3. The minimum absolute atomic E-state index is 0.0197. The highest BCUT2D eigenvalue weighted by Crippen LogP contribution is 2.13. The van der Waals surface area contributed by atoms with Crippen LogP contribution in [0, 0.1) is 6.92 Å². The molecule has 0 bridgehead atoms. The van der Waals surface area contributed by atoms with Gasteiger partial charge < -0.3 is 9.64 Å². The number of halogens is 1. The Kier molecular flexibility index (Phi) is 6.01. The average molecular weight is 441 g/mol. The van der Waals surface area contributed by atoms with E-state index in [1.54, 1.807) is 24.3 Å². The lowest BCUT2D eigenvalue weighted by molar-refractivity contribution is 0.0295. The van der Waals surface area contributed by atoms with Crippen LogP contribution in [0.3, 0.4) is 0 Å². The lowest BCUT2D eigenvalue weighted by atomic mass is 10.1. The Morgan fingerprint density at radius 3 is 2.55 bits per heavy atom. The van der Waals surface area contributed by atoms with Crippen LogP contribution in [0.15, 0.2) is 58.1 Å². The highest BCUT2D eigenvalue weighted by molar-refractivity contribution is 6.30. The molecule has 31 heavy (non-hydrogen) atoms. The zero-order valence-electron chi connectivity index (χ0n) is 17.0. The molecule has 1 aliphatic rings. The summed E-state index contributed by atoms with van der Waals surface area (Å²) < 4.78 is 7.38. The van der Waals surface area contributed by atoms with E-state index < -0.39 is 17.2 Å². The molecule has 2 aromatic carbocycles. The fourth-order valence-corrected chi connectivity index (χ4v) is 3.66. The lowest BCUT2D eigenvalue weighted by Crippen LogP contribution is -2.48. The summed E-state index contributed by atoms with van der Waals surface area (Å²) in [5.41, 5.74) is 0.460. The van der Waals surface area contributed by atoms with E-state index in [1.807, 2.05) is 31.2 Å². The molecule has 1 fully saturated rings. The van der Waals surface area contributed by atoms with Crippen molar-refractivity contribution >= 4 is 17.5 Å². The number of hydrogen-bond donors (Lipinski definition) is 0. The van der Waals surface area contributed by atoms with Gasteiger partial charge in [-0.15, -0.1) is 0 Å². The number of nitrogens with zero attached hydrogens (tertiary/aromatic N) is 4. The SMILES string of the molecule is Cc1cccc(Cn2c(=O)c(C(=O)N3CCOCC3)nn(-c3cccc(Cl)c3)c2=O)c1. The number of benzene rings is 2. The van der Waals surface area contributed by atoms with Crippen molar-refractivity contribution in [3.05, 3.63) is 91.2 Å². The normalized spacial score (nSPS) is 13.9. The van der Waals surface area contributed by atoms with Gasteiger partial charge in [0.15, 0.2) is 0 Å². The van der Waals surface area contributed by atoms with Gasteiger partial charge in [0.2, 0.25) is 5.69 Å². The van der Waals surface area contributed by atoms with Crippen molar-refractivity contribution in [3.63, 3.8) is 0 Å². The third-order valence-corrected chi connectivity index (χ3v) is 5.27. The molecular formula is C22H21ClN4O4. The summed E-state index contributed by atoms with van der Waals surface area (Å²) >= 11 is 6.09. The van der Waals surface area contributed by atoms with Gasteiger partial charge in [0.25, 0.3) is 11.5 Å². The van der Waals surface area contributed by atoms with E-state index >= 15 is 0 Å². The molecule has 1 aromatic heterocycles. The number of aryl methyl sites for hydroxylation is 1. The topological polar surface area (TPSA) is 86.4 Å². The van der Waals surface area contributed by atoms with Crippen molar-refractivity contribution in [1.82, 2.24) is 19.2 Å². The predicted molar refractivity (Wildman–Crippen MR) is 116 cm³/mol. The zero-order valence-corrected chi connectivity index (χ0v) is 17.7. The molecule has 1 saturated heterocycles. The van der Waals surface area contributed by atoms with Gasteiger partial charge in [-0.3, -0.25) is 14.2 Å². The number of morpholine rings is 1. The number of carbonyl (C=O) groups is 1. The average Bonchev–Trinajstić information content (AvgIpc) is 2.77. The molecule has 0 unspecified atom stereocenters. The summed E-state index contributed by atoms with van der Waals surface area (Å²) in [5.74, 6) is -0.526. The molecule has 9 heteroatoms. The van der Waals surface area contributed by atoms with Crippen LogP contribution >= 0.6 is 11.6 Å². The number of carbonyl (C=O) groups excluding carboxylic acids is 1. The van der Waals surface area contributed by atoms with Crippen molar-refractivity contribution < 1.29 is 9.53 Å². The Morgan fingerprint density at radius 1 is 1.10 bits per heavy atom. The molecule has 8 nitrogen and oxygen atoms in total. The second kappa shape index (κ2) is 8.87. The second-order valence-electron chi connectivity index (χ2n) is 7.31. The maximum atomic E-state index is 13.2. The summed E-state index contributed by atoms with van der Waals surface area (Å²) in [4.78, 5) is 41.0. The number of hydrogen-bond acceptors (Lipinski definition) is 5. The molecule has 0 saturated carbocycles. The molecule has 3 aromatic rings. The van der Waals surface area contributed by atoms with Crippen LogP contribution < -0.4 is 11.2 Å². The fraction of sp³-hybridized carbons (Fsp3) is 0.273. The highest BCUT2D eigenvalue weighted by atomic mass is 35.5. The third kappa shape index (κ3) is 4.45. The van der Waals surface area contributed by atoms with E-state index in [0.29, 0.717) is 37.0 Å². The van der Waals surface area contributed by atoms with Crippen molar-refractivity contribution in [2.24, 2.45) is 0 Å². The largest absolute Gasteiger partial charge is 0.378 e. The second-order valence-corrected chi connectivity index (χ2v) is 7.74. The van der Waals surface area contributed by atoms with E-state index in [-0.39, 0.29) is 12.2 Å². The highest BCUT2D eigenvalue weighted by Gasteiger charge is 2.26.